The van der Waals surface area contributed by atoms with E-state index < -0.39 is 18.1 Å². The summed E-state index contributed by atoms with van der Waals surface area (Å²) < 4.78 is 24.6. The Morgan fingerprint density at radius 3 is 2.64 bits per heavy atom. The molecule has 0 spiro atoms. The first-order chi connectivity index (χ1) is 6.45. The summed E-state index contributed by atoms with van der Waals surface area (Å²) in [4.78, 5) is 14.0. The zero-order valence-electron chi connectivity index (χ0n) is 7.09. The number of aromatic carboxylic acids is 1. The summed E-state index contributed by atoms with van der Waals surface area (Å²) in [5.74, 6) is -1.34. The molecule has 0 saturated carbocycles. The number of alkyl halides is 2. The SMILES string of the molecule is Cc1c(C(F)F)ncc(Cl)c1C(=O)O. The normalized spacial score (nSPS) is 10.6. The third-order valence-electron chi connectivity index (χ3n) is 1.74. The number of nitrogens with zero attached hydrogens (tertiary/aromatic N) is 1. The number of rotatable bonds is 2. The van der Waals surface area contributed by atoms with E-state index in [9.17, 15) is 13.6 Å². The molecular weight excluding hydrogens is 216 g/mol. The van der Waals surface area contributed by atoms with Gasteiger partial charge in [0.25, 0.3) is 6.43 Å². The molecule has 0 fully saturated rings. The number of carbonyl (C=O) groups is 1. The van der Waals surface area contributed by atoms with Crippen molar-refractivity contribution in [2.75, 3.05) is 0 Å². The largest absolute Gasteiger partial charge is 0.478 e. The number of carboxylic acids is 1. The lowest BCUT2D eigenvalue weighted by molar-refractivity contribution is 0.0695. The lowest BCUT2D eigenvalue weighted by atomic mass is 10.1. The van der Waals surface area contributed by atoms with Crippen LogP contribution in [0.15, 0.2) is 6.20 Å². The van der Waals surface area contributed by atoms with E-state index in [0.29, 0.717) is 0 Å². The maximum Gasteiger partial charge on any atom is 0.337 e. The fourth-order valence-electron chi connectivity index (χ4n) is 1.08. The smallest absolute Gasteiger partial charge is 0.337 e. The maximum absolute atomic E-state index is 12.3. The van der Waals surface area contributed by atoms with Crippen LogP contribution in [0.3, 0.4) is 0 Å². The van der Waals surface area contributed by atoms with E-state index in [0.717, 1.165) is 6.20 Å². The molecule has 0 amide bonds. The van der Waals surface area contributed by atoms with Gasteiger partial charge >= 0.3 is 5.97 Å². The summed E-state index contributed by atoms with van der Waals surface area (Å²) in [7, 11) is 0. The summed E-state index contributed by atoms with van der Waals surface area (Å²) in [6, 6.07) is 0. The molecule has 1 aromatic heterocycles. The first-order valence-electron chi connectivity index (χ1n) is 3.61. The highest BCUT2D eigenvalue weighted by Crippen LogP contribution is 2.26. The second-order valence-electron chi connectivity index (χ2n) is 2.60. The summed E-state index contributed by atoms with van der Waals surface area (Å²) >= 11 is 5.51. The first kappa shape index (κ1) is 10.8. The van der Waals surface area contributed by atoms with Gasteiger partial charge in [-0.2, -0.15) is 0 Å². The molecule has 0 radical (unpaired) electrons. The fraction of sp³-hybridized carbons (Fsp3) is 0.250. The highest BCUT2D eigenvalue weighted by molar-refractivity contribution is 6.33. The monoisotopic (exact) mass is 221 g/mol. The van der Waals surface area contributed by atoms with Crippen molar-refractivity contribution in [3.05, 3.63) is 28.0 Å². The average molecular weight is 222 g/mol. The van der Waals surface area contributed by atoms with Crippen LogP contribution in [0.5, 0.6) is 0 Å². The average Bonchev–Trinajstić information content (AvgIpc) is 2.02. The van der Waals surface area contributed by atoms with E-state index in [1.807, 2.05) is 0 Å². The molecule has 0 aromatic carbocycles. The second-order valence-corrected chi connectivity index (χ2v) is 3.00. The van der Waals surface area contributed by atoms with Gasteiger partial charge in [0.15, 0.2) is 0 Å². The standard InChI is InChI=1S/C8H6ClF2NO2/c1-3-5(8(13)14)4(9)2-12-6(3)7(10)11/h2,7H,1H3,(H,13,14). The maximum atomic E-state index is 12.3. The van der Waals surface area contributed by atoms with E-state index in [4.69, 9.17) is 16.7 Å². The van der Waals surface area contributed by atoms with Crippen LogP contribution in [0.1, 0.15) is 28.0 Å². The molecule has 6 heteroatoms. The number of hydrogen-bond acceptors (Lipinski definition) is 2. The molecular formula is C8H6ClF2NO2. The summed E-state index contributed by atoms with van der Waals surface area (Å²) in [6.45, 7) is 1.25. The molecule has 14 heavy (non-hydrogen) atoms. The molecule has 0 aliphatic carbocycles. The van der Waals surface area contributed by atoms with Gasteiger partial charge in [-0.25, -0.2) is 13.6 Å². The minimum Gasteiger partial charge on any atom is -0.478 e. The van der Waals surface area contributed by atoms with Crippen LogP contribution in [0.4, 0.5) is 8.78 Å². The van der Waals surface area contributed by atoms with Crippen LogP contribution in [-0.4, -0.2) is 16.1 Å². The Morgan fingerprint density at radius 1 is 1.64 bits per heavy atom. The van der Waals surface area contributed by atoms with Crippen molar-refractivity contribution in [2.45, 2.75) is 13.3 Å². The summed E-state index contributed by atoms with van der Waals surface area (Å²) in [5.41, 5.74) is -0.969. The Bertz CT molecular complexity index is 382. The molecule has 76 valence electrons. The van der Waals surface area contributed by atoms with Crippen LogP contribution in [0.25, 0.3) is 0 Å². The quantitative estimate of drug-likeness (QED) is 0.835. The molecule has 0 aliphatic heterocycles. The number of halogens is 3. The Balaban J connectivity index is 3.41. The molecule has 0 unspecified atom stereocenters. The minimum absolute atomic E-state index is 0.0972. The van der Waals surface area contributed by atoms with Gasteiger partial charge < -0.3 is 5.11 Å². The molecule has 0 aliphatic rings. The van der Waals surface area contributed by atoms with Crippen molar-refractivity contribution in [3.63, 3.8) is 0 Å². The van der Waals surface area contributed by atoms with Crippen LogP contribution >= 0.6 is 11.6 Å². The van der Waals surface area contributed by atoms with Gasteiger partial charge in [-0.05, 0) is 12.5 Å². The topological polar surface area (TPSA) is 50.2 Å². The molecule has 1 heterocycles. The molecule has 0 saturated heterocycles. The minimum atomic E-state index is -2.80. The van der Waals surface area contributed by atoms with Gasteiger partial charge in [-0.15, -0.1) is 0 Å². The highest BCUT2D eigenvalue weighted by Gasteiger charge is 2.20. The zero-order valence-corrected chi connectivity index (χ0v) is 7.85. The molecule has 0 atom stereocenters. The second kappa shape index (κ2) is 3.88. The van der Waals surface area contributed by atoms with Gasteiger partial charge in [-0.3, -0.25) is 4.98 Å². The predicted octanol–water partition coefficient (Wildman–Crippen LogP) is 2.68. The van der Waals surface area contributed by atoms with Gasteiger partial charge in [0.2, 0.25) is 0 Å². The Labute approximate surface area is 83.3 Å². The third kappa shape index (κ3) is 1.82. The molecule has 3 nitrogen and oxygen atoms in total. The fourth-order valence-corrected chi connectivity index (χ4v) is 1.35. The summed E-state index contributed by atoms with van der Waals surface area (Å²) in [6.07, 6.45) is -1.88. The number of pyridine rings is 1. The Morgan fingerprint density at radius 2 is 2.21 bits per heavy atom. The van der Waals surface area contributed by atoms with Gasteiger partial charge in [-0.1, -0.05) is 11.6 Å². The van der Waals surface area contributed by atoms with Crippen LogP contribution in [0.2, 0.25) is 5.02 Å². The predicted molar refractivity (Wildman–Crippen MR) is 45.9 cm³/mol. The third-order valence-corrected chi connectivity index (χ3v) is 2.02. The van der Waals surface area contributed by atoms with Crippen LogP contribution in [-0.2, 0) is 0 Å². The molecule has 0 bridgehead atoms. The zero-order chi connectivity index (χ0) is 10.9. The summed E-state index contributed by atoms with van der Waals surface area (Å²) in [5, 5.41) is 8.56. The van der Waals surface area contributed by atoms with E-state index >= 15 is 0 Å². The Kier molecular flexibility index (Phi) is 3.00. The molecule has 1 N–H and O–H groups in total. The van der Waals surface area contributed by atoms with E-state index in [-0.39, 0.29) is 16.1 Å². The van der Waals surface area contributed by atoms with Crippen molar-refractivity contribution in [2.24, 2.45) is 0 Å². The van der Waals surface area contributed by atoms with Gasteiger partial charge in [0, 0.05) is 6.20 Å². The van der Waals surface area contributed by atoms with Gasteiger partial charge in [0.1, 0.15) is 5.69 Å². The van der Waals surface area contributed by atoms with E-state index in [1.165, 1.54) is 6.92 Å². The lowest BCUT2D eigenvalue weighted by Gasteiger charge is -2.07. The number of aromatic nitrogens is 1. The van der Waals surface area contributed by atoms with Gasteiger partial charge in [0.05, 0.1) is 10.6 Å². The lowest BCUT2D eigenvalue weighted by Crippen LogP contribution is -2.06. The number of carboxylic acid groups (broad SMARTS) is 1. The van der Waals surface area contributed by atoms with Crippen molar-refractivity contribution in [3.8, 4) is 0 Å². The van der Waals surface area contributed by atoms with Crippen LogP contribution < -0.4 is 0 Å². The van der Waals surface area contributed by atoms with Crippen molar-refractivity contribution in [1.82, 2.24) is 4.98 Å². The Hall–Kier alpha value is -1.23. The van der Waals surface area contributed by atoms with Crippen LogP contribution in [0, 0.1) is 6.92 Å². The molecule has 1 rings (SSSR count). The van der Waals surface area contributed by atoms with E-state index in [1.54, 1.807) is 0 Å². The van der Waals surface area contributed by atoms with Crippen molar-refractivity contribution < 1.29 is 18.7 Å². The highest BCUT2D eigenvalue weighted by atomic mass is 35.5. The molecule has 1 aromatic rings. The van der Waals surface area contributed by atoms with Crippen molar-refractivity contribution >= 4 is 17.6 Å². The first-order valence-corrected chi connectivity index (χ1v) is 3.99. The van der Waals surface area contributed by atoms with E-state index in [2.05, 4.69) is 4.98 Å². The number of hydrogen-bond donors (Lipinski definition) is 1. The van der Waals surface area contributed by atoms with Crippen molar-refractivity contribution in [1.29, 1.82) is 0 Å².